The minimum atomic E-state index is -0.972. The van der Waals surface area contributed by atoms with Crippen LogP contribution < -0.4 is 15.7 Å². The lowest BCUT2D eigenvalue weighted by atomic mass is 10.1. The molecule has 0 saturated carbocycles. The smallest absolute Gasteiger partial charge is 0.408 e. The lowest BCUT2D eigenvalue weighted by Crippen LogP contribution is -2.43. The maximum atomic E-state index is 12.2. The van der Waals surface area contributed by atoms with Gasteiger partial charge in [0.15, 0.2) is 5.75 Å². The summed E-state index contributed by atoms with van der Waals surface area (Å²) in [6.45, 7) is 8.49. The first-order chi connectivity index (χ1) is 12.5. The van der Waals surface area contributed by atoms with E-state index in [1.54, 1.807) is 26.8 Å². The molecule has 0 saturated heterocycles. The van der Waals surface area contributed by atoms with Crippen LogP contribution in [-0.4, -0.2) is 23.7 Å². The van der Waals surface area contributed by atoms with Crippen LogP contribution in [0.2, 0.25) is 5.02 Å². The maximum absolute atomic E-state index is 12.2. The first-order valence-electron chi connectivity index (χ1n) is 8.47. The van der Waals surface area contributed by atoms with Gasteiger partial charge < -0.3 is 19.2 Å². The van der Waals surface area contributed by atoms with E-state index in [-0.39, 0.29) is 16.4 Å². The molecular weight excluding hydrogens is 374 g/mol. The van der Waals surface area contributed by atoms with E-state index in [1.807, 2.05) is 6.92 Å². The van der Waals surface area contributed by atoms with Gasteiger partial charge in [-0.1, -0.05) is 18.5 Å². The summed E-state index contributed by atoms with van der Waals surface area (Å²) in [5.41, 5.74) is -0.150. The molecule has 0 bridgehead atoms. The van der Waals surface area contributed by atoms with Crippen LogP contribution in [0, 0.1) is 0 Å². The topological polar surface area (TPSA) is 94.8 Å². The minimum Gasteiger partial charge on any atom is -0.444 e. The molecule has 1 heterocycles. The molecule has 2 aromatic rings. The number of ether oxygens (including phenoxy) is 2. The van der Waals surface area contributed by atoms with Crippen molar-refractivity contribution >= 4 is 34.6 Å². The van der Waals surface area contributed by atoms with Crippen LogP contribution in [0.4, 0.5) is 4.79 Å². The van der Waals surface area contributed by atoms with Gasteiger partial charge in [-0.15, -0.1) is 0 Å². The molecule has 0 aliphatic carbocycles. The van der Waals surface area contributed by atoms with Gasteiger partial charge in [-0.3, -0.25) is 0 Å². The van der Waals surface area contributed by atoms with E-state index >= 15 is 0 Å². The van der Waals surface area contributed by atoms with Crippen molar-refractivity contribution in [3.63, 3.8) is 0 Å². The number of esters is 1. The number of benzene rings is 1. The highest BCUT2D eigenvalue weighted by atomic mass is 35.5. The number of rotatable bonds is 4. The molecule has 0 radical (unpaired) electrons. The number of halogens is 1. The van der Waals surface area contributed by atoms with Crippen molar-refractivity contribution in [3.05, 3.63) is 39.2 Å². The molecule has 0 spiro atoms. The van der Waals surface area contributed by atoms with Crippen molar-refractivity contribution < 1.29 is 23.5 Å². The van der Waals surface area contributed by atoms with Crippen molar-refractivity contribution in [2.75, 3.05) is 0 Å². The summed E-state index contributed by atoms with van der Waals surface area (Å²) in [7, 11) is 0. The monoisotopic (exact) mass is 395 g/mol. The molecule has 1 aromatic carbocycles. The van der Waals surface area contributed by atoms with Gasteiger partial charge in [0.05, 0.1) is 5.02 Å². The van der Waals surface area contributed by atoms with Crippen molar-refractivity contribution in [2.45, 2.75) is 52.7 Å². The van der Waals surface area contributed by atoms with Gasteiger partial charge in [0.25, 0.3) is 0 Å². The summed E-state index contributed by atoms with van der Waals surface area (Å²) < 4.78 is 15.5. The molecule has 0 fully saturated rings. The molecular formula is C19H22ClNO6. The first-order valence-corrected chi connectivity index (χ1v) is 8.85. The SMILES string of the molecule is CCc1cc(=O)oc2cc(OC(=O)[C@H](C)NC(=O)OC(C)(C)C)c(Cl)cc12. The molecule has 8 heteroatoms. The Hall–Kier alpha value is -2.54. The van der Waals surface area contributed by atoms with Crippen molar-refractivity contribution in [3.8, 4) is 5.75 Å². The molecule has 2 rings (SSSR count). The van der Waals surface area contributed by atoms with Crippen LogP contribution in [0.15, 0.2) is 27.4 Å². The number of fused-ring (bicyclic) bond motifs is 1. The molecule has 0 aliphatic rings. The van der Waals surface area contributed by atoms with Crippen molar-refractivity contribution in [2.24, 2.45) is 0 Å². The van der Waals surface area contributed by atoms with E-state index in [4.69, 9.17) is 25.5 Å². The fraction of sp³-hybridized carbons (Fsp3) is 0.421. The number of carbonyl (C=O) groups excluding carboxylic acids is 2. The van der Waals surface area contributed by atoms with E-state index < -0.39 is 29.3 Å². The number of nitrogens with one attached hydrogen (secondary N) is 1. The lowest BCUT2D eigenvalue weighted by molar-refractivity contribution is -0.136. The normalized spacial score (nSPS) is 12.5. The van der Waals surface area contributed by atoms with E-state index in [0.717, 1.165) is 5.56 Å². The predicted octanol–water partition coefficient (Wildman–Crippen LogP) is 3.83. The number of hydrogen-bond acceptors (Lipinski definition) is 6. The number of aryl methyl sites for hydroxylation is 1. The van der Waals surface area contributed by atoms with Crippen LogP contribution in [0.25, 0.3) is 11.0 Å². The highest BCUT2D eigenvalue weighted by Gasteiger charge is 2.23. The Labute approximate surface area is 161 Å². The third-order valence-corrected chi connectivity index (χ3v) is 3.86. The third kappa shape index (κ3) is 5.47. The molecule has 1 N–H and O–H groups in total. The van der Waals surface area contributed by atoms with E-state index in [1.165, 1.54) is 19.1 Å². The zero-order valence-corrected chi connectivity index (χ0v) is 16.6. The number of amides is 1. The fourth-order valence-corrected chi connectivity index (χ4v) is 2.54. The Kier molecular flexibility index (Phi) is 6.15. The lowest BCUT2D eigenvalue weighted by Gasteiger charge is -2.21. The zero-order valence-electron chi connectivity index (χ0n) is 15.8. The van der Waals surface area contributed by atoms with Gasteiger partial charge in [0.1, 0.15) is 17.2 Å². The first kappa shape index (κ1) is 20.8. The highest BCUT2D eigenvalue weighted by molar-refractivity contribution is 6.33. The second-order valence-corrected chi connectivity index (χ2v) is 7.42. The van der Waals surface area contributed by atoms with Gasteiger partial charge in [-0.2, -0.15) is 0 Å². The Morgan fingerprint density at radius 1 is 1.26 bits per heavy atom. The highest BCUT2D eigenvalue weighted by Crippen LogP contribution is 2.31. The number of alkyl carbamates (subject to hydrolysis) is 1. The summed E-state index contributed by atoms with van der Waals surface area (Å²) in [5.74, 6) is -0.709. The van der Waals surface area contributed by atoms with Crippen LogP contribution in [-0.2, 0) is 16.0 Å². The summed E-state index contributed by atoms with van der Waals surface area (Å²) in [6.07, 6.45) is -0.121. The fourth-order valence-electron chi connectivity index (χ4n) is 2.34. The quantitative estimate of drug-likeness (QED) is 0.480. The average molecular weight is 396 g/mol. The molecule has 0 aliphatic heterocycles. The van der Waals surface area contributed by atoms with Crippen molar-refractivity contribution in [1.82, 2.24) is 5.32 Å². The Bertz CT molecular complexity index is 928. The Morgan fingerprint density at radius 2 is 1.93 bits per heavy atom. The second kappa shape index (κ2) is 8.00. The van der Waals surface area contributed by atoms with E-state index in [2.05, 4.69) is 5.32 Å². The van der Waals surface area contributed by atoms with Gasteiger partial charge in [0.2, 0.25) is 0 Å². The summed E-state index contributed by atoms with van der Waals surface area (Å²) in [6, 6.07) is 3.39. The van der Waals surface area contributed by atoms with Crippen LogP contribution >= 0.6 is 11.6 Å². The third-order valence-electron chi connectivity index (χ3n) is 3.56. The summed E-state index contributed by atoms with van der Waals surface area (Å²) >= 11 is 6.20. The molecule has 27 heavy (non-hydrogen) atoms. The maximum Gasteiger partial charge on any atom is 0.408 e. The molecule has 7 nitrogen and oxygen atoms in total. The molecule has 0 unspecified atom stereocenters. The van der Waals surface area contributed by atoms with Crippen LogP contribution in [0.1, 0.15) is 40.2 Å². The van der Waals surface area contributed by atoms with Crippen molar-refractivity contribution in [1.29, 1.82) is 0 Å². The van der Waals surface area contributed by atoms with E-state index in [0.29, 0.717) is 11.8 Å². The van der Waals surface area contributed by atoms with E-state index in [9.17, 15) is 14.4 Å². The van der Waals surface area contributed by atoms with Gasteiger partial charge >= 0.3 is 17.7 Å². The summed E-state index contributed by atoms with van der Waals surface area (Å²) in [5, 5.41) is 3.24. The standard InChI is InChI=1S/C19H22ClNO6/c1-6-11-7-16(22)25-14-9-15(13(20)8-12(11)14)26-17(23)10(2)21-18(24)27-19(3,4)5/h7-10H,6H2,1-5H3,(H,21,24)/t10-/m0/s1. The van der Waals surface area contributed by atoms with Crippen LogP contribution in [0.5, 0.6) is 5.75 Å². The zero-order chi connectivity index (χ0) is 20.4. The number of hydrogen-bond donors (Lipinski definition) is 1. The average Bonchev–Trinajstić information content (AvgIpc) is 2.53. The van der Waals surface area contributed by atoms with Gasteiger partial charge in [-0.25, -0.2) is 14.4 Å². The second-order valence-electron chi connectivity index (χ2n) is 7.01. The molecule has 146 valence electrons. The number of carbonyl (C=O) groups is 2. The Balaban J connectivity index is 2.20. The Morgan fingerprint density at radius 3 is 2.52 bits per heavy atom. The largest absolute Gasteiger partial charge is 0.444 e. The molecule has 1 aromatic heterocycles. The summed E-state index contributed by atoms with van der Waals surface area (Å²) in [4.78, 5) is 35.7. The van der Waals surface area contributed by atoms with Gasteiger partial charge in [-0.05, 0) is 45.7 Å². The molecule has 1 atom stereocenters. The molecule has 1 amide bonds. The predicted molar refractivity (Wildman–Crippen MR) is 101 cm³/mol. The minimum absolute atomic E-state index is 0.0309. The van der Waals surface area contributed by atoms with Crippen LogP contribution in [0.3, 0.4) is 0 Å². The van der Waals surface area contributed by atoms with Gasteiger partial charge in [0, 0.05) is 17.5 Å².